The molecule has 3 heterocycles. The molecular weight excluding hydrogens is 517 g/mol. The number of ketones is 1. The normalized spacial score (nSPS) is 23.0. The Morgan fingerprint density at radius 2 is 1.90 bits per heavy atom. The minimum absolute atomic E-state index is 0.0627. The van der Waals surface area contributed by atoms with Crippen LogP contribution in [0.25, 0.3) is 0 Å². The van der Waals surface area contributed by atoms with Gasteiger partial charge in [0.15, 0.2) is 10.9 Å². The van der Waals surface area contributed by atoms with E-state index in [1.807, 2.05) is 12.1 Å². The first-order chi connectivity index (χ1) is 18.4. The molecule has 2 amide bonds. The molecular formula is C29H42FN5O3S. The number of thiazole rings is 1. The molecule has 0 unspecified atom stereocenters. The van der Waals surface area contributed by atoms with Crippen molar-refractivity contribution in [1.82, 2.24) is 20.1 Å². The maximum absolute atomic E-state index is 13.3. The van der Waals surface area contributed by atoms with E-state index in [2.05, 4.69) is 25.4 Å². The number of piperidine rings is 2. The molecule has 3 N–H and O–H groups in total. The highest BCUT2D eigenvalue weighted by Crippen LogP contribution is 2.27. The van der Waals surface area contributed by atoms with Gasteiger partial charge < -0.3 is 15.3 Å². The topological polar surface area (TPSA) is 97.8 Å². The molecule has 3 atom stereocenters. The number of rotatable bonds is 9. The number of hydrogen-bond donors (Lipinski definition) is 3. The van der Waals surface area contributed by atoms with E-state index < -0.39 is 5.60 Å². The van der Waals surface area contributed by atoms with Gasteiger partial charge in [-0.1, -0.05) is 23.5 Å². The predicted molar refractivity (Wildman–Crippen MR) is 153 cm³/mol. The Bertz CT molecular complexity index is 1130. The van der Waals surface area contributed by atoms with E-state index in [-0.39, 0.29) is 29.6 Å². The summed E-state index contributed by atoms with van der Waals surface area (Å²) in [7, 11) is 0. The van der Waals surface area contributed by atoms with E-state index in [1.54, 1.807) is 20.8 Å². The van der Waals surface area contributed by atoms with Crippen LogP contribution in [0.3, 0.4) is 0 Å². The fraction of sp³-hybridized carbons (Fsp3) is 0.621. The highest BCUT2D eigenvalue weighted by atomic mass is 32.1. The van der Waals surface area contributed by atoms with Gasteiger partial charge in [0.1, 0.15) is 5.82 Å². The largest absolute Gasteiger partial charge is 0.389 e. The van der Waals surface area contributed by atoms with Crippen LogP contribution in [0.4, 0.5) is 14.3 Å². The molecule has 2 aromatic rings. The van der Waals surface area contributed by atoms with Gasteiger partial charge in [0, 0.05) is 39.1 Å². The van der Waals surface area contributed by atoms with Crippen LogP contribution in [0.1, 0.15) is 61.0 Å². The maximum atomic E-state index is 13.3. The predicted octanol–water partition coefficient (Wildman–Crippen LogP) is 4.33. The average Bonchev–Trinajstić information content (AvgIpc) is 3.21. The summed E-state index contributed by atoms with van der Waals surface area (Å²) in [6.45, 7) is 11.9. The molecule has 214 valence electrons. The summed E-state index contributed by atoms with van der Waals surface area (Å²) < 4.78 is 13.3. The maximum Gasteiger partial charge on any atom is 0.321 e. The average molecular weight is 560 g/mol. The second-order valence-electron chi connectivity index (χ2n) is 11.9. The van der Waals surface area contributed by atoms with Gasteiger partial charge in [-0.2, -0.15) is 0 Å². The molecule has 0 bridgehead atoms. The first-order valence-corrected chi connectivity index (χ1v) is 14.7. The summed E-state index contributed by atoms with van der Waals surface area (Å²) in [5, 5.41) is 16.8. The second-order valence-corrected chi connectivity index (χ2v) is 12.9. The number of aromatic nitrogens is 1. The van der Waals surface area contributed by atoms with Crippen LogP contribution in [0.15, 0.2) is 24.3 Å². The Morgan fingerprint density at radius 1 is 1.15 bits per heavy atom. The van der Waals surface area contributed by atoms with E-state index >= 15 is 0 Å². The molecule has 39 heavy (non-hydrogen) atoms. The number of benzene rings is 1. The first-order valence-electron chi connectivity index (χ1n) is 13.9. The molecule has 8 nitrogen and oxygen atoms in total. The Hall–Kier alpha value is -2.40. The molecule has 10 heteroatoms. The number of likely N-dealkylation sites (tertiary alicyclic amines) is 2. The summed E-state index contributed by atoms with van der Waals surface area (Å²) in [5.74, 6) is 0.529. The number of carbonyl (C=O) groups excluding carboxylic acids is 2. The van der Waals surface area contributed by atoms with E-state index in [0.717, 1.165) is 51.9 Å². The number of carbonyl (C=O) groups is 2. The molecule has 4 rings (SSSR count). The molecule has 2 aliphatic rings. The quantitative estimate of drug-likeness (QED) is 0.396. The highest BCUT2D eigenvalue weighted by Gasteiger charge is 2.34. The summed E-state index contributed by atoms with van der Waals surface area (Å²) in [6.07, 6.45) is 4.16. The van der Waals surface area contributed by atoms with Crippen molar-refractivity contribution in [3.05, 3.63) is 46.2 Å². The molecule has 0 radical (unpaired) electrons. The van der Waals surface area contributed by atoms with Crippen molar-refractivity contribution in [3.8, 4) is 0 Å². The number of Topliss-reactive ketones (excluding diaryl/α,β-unsaturated/α-hetero) is 1. The molecule has 2 aliphatic heterocycles. The number of amides is 2. The first kappa shape index (κ1) is 29.6. The number of urea groups is 1. The van der Waals surface area contributed by atoms with Crippen molar-refractivity contribution in [1.29, 1.82) is 0 Å². The zero-order chi connectivity index (χ0) is 28.2. The van der Waals surface area contributed by atoms with Crippen molar-refractivity contribution >= 4 is 28.3 Å². The molecule has 2 fully saturated rings. The number of nitrogens with one attached hydrogen (secondary N) is 2. The lowest BCUT2D eigenvalue weighted by Crippen LogP contribution is -2.58. The molecule has 0 aliphatic carbocycles. The van der Waals surface area contributed by atoms with Gasteiger partial charge in [-0.3, -0.25) is 15.0 Å². The zero-order valence-corrected chi connectivity index (χ0v) is 24.3. The van der Waals surface area contributed by atoms with Crippen LogP contribution >= 0.6 is 11.3 Å². The van der Waals surface area contributed by atoms with E-state index in [0.29, 0.717) is 34.7 Å². The van der Waals surface area contributed by atoms with Gasteiger partial charge in [-0.15, -0.1) is 0 Å². The van der Waals surface area contributed by atoms with Gasteiger partial charge in [0.25, 0.3) is 0 Å². The number of halogens is 1. The standard InChI is InChI=1S/C29H42FN5O3S/c1-19-26(20(2)36)39-28(31-19)33-27(37)32-25-17-35(18-29(3,4)38)13-11-23(25)16-34-12-5-6-22(15-34)14-21-7-9-24(30)10-8-21/h7-10,22-23,25,38H,5-6,11-18H2,1-4H3,(H2,31,32,33,37)/t22-,23-,25-/m0/s1. The number of β-amino-alcohol motifs (C(OH)–C–C–N with tert-alkyl or cyclic N) is 1. The molecule has 1 aromatic heterocycles. The fourth-order valence-corrected chi connectivity index (χ4v) is 6.84. The summed E-state index contributed by atoms with van der Waals surface area (Å²) in [4.78, 5) is 34.5. The van der Waals surface area contributed by atoms with Crippen LogP contribution in [0.5, 0.6) is 0 Å². The number of nitrogens with zero attached hydrogens (tertiary/aromatic N) is 3. The van der Waals surface area contributed by atoms with E-state index in [4.69, 9.17) is 0 Å². The third kappa shape index (κ3) is 8.79. The van der Waals surface area contributed by atoms with Gasteiger partial charge in [0.05, 0.1) is 16.2 Å². The van der Waals surface area contributed by atoms with Crippen molar-refractivity contribution in [2.75, 3.05) is 44.6 Å². The third-order valence-corrected chi connectivity index (χ3v) is 8.81. The molecule has 0 saturated carbocycles. The Balaban J connectivity index is 1.39. The van der Waals surface area contributed by atoms with Crippen LogP contribution in [-0.2, 0) is 6.42 Å². The smallest absolute Gasteiger partial charge is 0.321 e. The monoisotopic (exact) mass is 559 g/mol. The summed E-state index contributed by atoms with van der Waals surface area (Å²) >= 11 is 1.19. The van der Waals surface area contributed by atoms with Crippen molar-refractivity contribution in [2.24, 2.45) is 11.8 Å². The number of aliphatic hydroxyl groups is 1. The Morgan fingerprint density at radius 3 is 2.56 bits per heavy atom. The second kappa shape index (κ2) is 12.8. The van der Waals surface area contributed by atoms with Crippen LogP contribution in [0, 0.1) is 24.6 Å². The van der Waals surface area contributed by atoms with Crippen LogP contribution in [0.2, 0.25) is 0 Å². The number of anilines is 1. The van der Waals surface area contributed by atoms with Crippen LogP contribution < -0.4 is 10.6 Å². The molecule has 0 spiro atoms. The Labute approximate surface area is 235 Å². The number of hydrogen-bond acceptors (Lipinski definition) is 7. The van der Waals surface area contributed by atoms with E-state index in [9.17, 15) is 19.1 Å². The van der Waals surface area contributed by atoms with Crippen molar-refractivity contribution < 1.29 is 19.1 Å². The fourth-order valence-electron chi connectivity index (χ4n) is 5.99. The minimum atomic E-state index is -0.818. The van der Waals surface area contributed by atoms with E-state index in [1.165, 1.54) is 36.0 Å². The van der Waals surface area contributed by atoms with Gasteiger partial charge in [0.2, 0.25) is 0 Å². The minimum Gasteiger partial charge on any atom is -0.389 e. The third-order valence-electron chi connectivity index (χ3n) is 7.64. The van der Waals surface area contributed by atoms with Crippen molar-refractivity contribution in [3.63, 3.8) is 0 Å². The summed E-state index contributed by atoms with van der Waals surface area (Å²) in [5.41, 5.74) is 0.974. The van der Waals surface area contributed by atoms with Crippen molar-refractivity contribution in [2.45, 2.75) is 65.0 Å². The van der Waals surface area contributed by atoms with Crippen LogP contribution in [-0.4, -0.2) is 82.6 Å². The molecule has 1 aromatic carbocycles. The SMILES string of the molecule is CC(=O)c1sc(NC(=O)N[C@H]2CN(CC(C)(C)O)CC[C@H]2CN2CCC[C@@H](Cc3ccc(F)cc3)C2)nc1C. The number of aryl methyl sites for hydroxylation is 1. The zero-order valence-electron chi connectivity index (χ0n) is 23.5. The summed E-state index contributed by atoms with van der Waals surface area (Å²) in [6, 6.07) is 6.42. The highest BCUT2D eigenvalue weighted by molar-refractivity contribution is 7.17. The lowest BCUT2D eigenvalue weighted by molar-refractivity contribution is 0.0128. The Kier molecular flexibility index (Phi) is 9.74. The lowest BCUT2D eigenvalue weighted by atomic mass is 9.87. The van der Waals surface area contributed by atoms with Gasteiger partial charge in [-0.25, -0.2) is 14.2 Å². The molecule has 2 saturated heterocycles. The van der Waals surface area contributed by atoms with Gasteiger partial charge >= 0.3 is 6.03 Å². The lowest BCUT2D eigenvalue weighted by Gasteiger charge is -2.43. The van der Waals surface area contributed by atoms with Gasteiger partial charge in [-0.05, 0) is 89.1 Å².